The maximum Gasteiger partial charge on any atom is 0.331 e. The van der Waals surface area contributed by atoms with Crippen LogP contribution in [0, 0.1) is 26.6 Å². The fourth-order valence-corrected chi connectivity index (χ4v) is 3.80. The summed E-state index contributed by atoms with van der Waals surface area (Å²) in [6, 6.07) is 5.44. The van der Waals surface area contributed by atoms with E-state index in [1.807, 2.05) is 53.7 Å². The molecule has 0 heterocycles. The van der Waals surface area contributed by atoms with Crippen molar-refractivity contribution in [3.05, 3.63) is 58.4 Å². The third-order valence-electron chi connectivity index (χ3n) is 5.14. The Labute approximate surface area is 205 Å². The minimum Gasteiger partial charge on any atom is -0.467 e. The van der Waals surface area contributed by atoms with Crippen LogP contribution in [0.5, 0.6) is 0 Å². The van der Waals surface area contributed by atoms with E-state index >= 15 is 0 Å². The maximum absolute atomic E-state index is 14.0. The molecular formula is C26H34FN3O5. The predicted molar refractivity (Wildman–Crippen MR) is 133 cm³/mol. The van der Waals surface area contributed by atoms with Crippen molar-refractivity contribution < 1.29 is 28.2 Å². The van der Waals surface area contributed by atoms with E-state index in [4.69, 9.17) is 9.47 Å². The number of nitrogens with one attached hydrogen (secondary N) is 3. The highest BCUT2D eigenvalue weighted by Gasteiger charge is 2.32. The van der Waals surface area contributed by atoms with Gasteiger partial charge in [-0.25, -0.2) is 14.0 Å². The highest BCUT2D eigenvalue weighted by Crippen LogP contribution is 2.23. The topological polar surface area (TPSA) is 106 Å². The van der Waals surface area contributed by atoms with E-state index in [0.717, 1.165) is 28.8 Å². The zero-order valence-electron chi connectivity index (χ0n) is 21.5. The molecule has 0 aliphatic rings. The number of carbonyl (C=O) groups excluding carboxylic acids is 3. The SMILES string of the molecule is COC(=O)[C@@H](NC(=O)c1ccc(F)cc1NC(=O)Nc1c(C)cc(C)cc1C)C(C)OC(C)(C)C. The third kappa shape index (κ3) is 7.78. The van der Waals surface area contributed by atoms with Crippen molar-refractivity contribution in [1.29, 1.82) is 0 Å². The van der Waals surface area contributed by atoms with Crippen LogP contribution in [-0.4, -0.2) is 42.8 Å². The molecule has 2 aromatic rings. The molecule has 0 aliphatic carbocycles. The standard InChI is InChI=1S/C26H34FN3O5/c1-14-11-15(2)21(16(3)12-14)30-25(33)28-20-13-18(27)9-10-19(20)23(31)29-22(24(32)34-8)17(4)35-26(5,6)7/h9-13,17,22H,1-8H3,(H,29,31)(H2,28,30,33)/t17?,22-/m0/s1. The van der Waals surface area contributed by atoms with Crippen molar-refractivity contribution in [2.45, 2.75) is 66.2 Å². The van der Waals surface area contributed by atoms with Crippen molar-refractivity contribution in [2.24, 2.45) is 0 Å². The molecule has 0 aliphatic heterocycles. The van der Waals surface area contributed by atoms with E-state index in [-0.39, 0.29) is 11.3 Å². The van der Waals surface area contributed by atoms with Crippen LogP contribution in [0.2, 0.25) is 0 Å². The second-order valence-electron chi connectivity index (χ2n) is 9.45. The number of aryl methyl sites for hydroxylation is 3. The average molecular weight is 488 g/mol. The van der Waals surface area contributed by atoms with Gasteiger partial charge >= 0.3 is 12.0 Å². The van der Waals surface area contributed by atoms with Crippen LogP contribution in [0.3, 0.4) is 0 Å². The van der Waals surface area contributed by atoms with Gasteiger partial charge < -0.3 is 25.4 Å². The van der Waals surface area contributed by atoms with E-state index < -0.39 is 41.5 Å². The van der Waals surface area contributed by atoms with Crippen molar-refractivity contribution in [3.63, 3.8) is 0 Å². The normalized spacial score (nSPS) is 12.9. The second kappa shape index (κ2) is 11.3. The van der Waals surface area contributed by atoms with E-state index in [1.165, 1.54) is 13.2 Å². The molecule has 0 radical (unpaired) electrons. The fraction of sp³-hybridized carbons (Fsp3) is 0.423. The molecule has 1 unspecified atom stereocenters. The van der Waals surface area contributed by atoms with Crippen LogP contribution in [0.4, 0.5) is 20.6 Å². The van der Waals surface area contributed by atoms with Crippen molar-refractivity contribution in [3.8, 4) is 0 Å². The summed E-state index contributed by atoms with van der Waals surface area (Å²) in [6.45, 7) is 12.8. The lowest BCUT2D eigenvalue weighted by atomic mass is 10.1. The van der Waals surface area contributed by atoms with Crippen molar-refractivity contribution in [2.75, 3.05) is 17.7 Å². The van der Waals surface area contributed by atoms with Gasteiger partial charge in [-0.1, -0.05) is 17.7 Å². The summed E-state index contributed by atoms with van der Waals surface area (Å²) < 4.78 is 24.7. The summed E-state index contributed by atoms with van der Waals surface area (Å²) in [6.07, 6.45) is -0.723. The number of ether oxygens (including phenoxy) is 2. The number of esters is 1. The molecular weight excluding hydrogens is 453 g/mol. The van der Waals surface area contributed by atoms with Gasteiger partial charge in [0.2, 0.25) is 0 Å². The van der Waals surface area contributed by atoms with Gasteiger partial charge in [0, 0.05) is 5.69 Å². The lowest BCUT2D eigenvalue weighted by molar-refractivity contribution is -0.150. The number of carbonyl (C=O) groups is 3. The third-order valence-corrected chi connectivity index (χ3v) is 5.14. The minimum absolute atomic E-state index is 0.0317. The largest absolute Gasteiger partial charge is 0.467 e. The molecule has 0 aromatic heterocycles. The number of benzene rings is 2. The molecule has 3 amide bonds. The summed E-state index contributed by atoms with van der Waals surface area (Å²) in [5.41, 5.74) is 2.73. The molecule has 35 heavy (non-hydrogen) atoms. The lowest BCUT2D eigenvalue weighted by Crippen LogP contribution is -2.51. The highest BCUT2D eigenvalue weighted by molar-refractivity contribution is 6.07. The van der Waals surface area contributed by atoms with Crippen molar-refractivity contribution >= 4 is 29.3 Å². The number of halogens is 1. The van der Waals surface area contributed by atoms with Crippen LogP contribution < -0.4 is 16.0 Å². The quantitative estimate of drug-likeness (QED) is 0.483. The Kier molecular flexibility index (Phi) is 8.98. The number of hydrogen-bond donors (Lipinski definition) is 3. The Balaban J connectivity index is 2.28. The van der Waals surface area contributed by atoms with Crippen LogP contribution in [0.15, 0.2) is 30.3 Å². The van der Waals surface area contributed by atoms with Crippen LogP contribution in [0.25, 0.3) is 0 Å². The van der Waals surface area contributed by atoms with Gasteiger partial charge in [0.25, 0.3) is 5.91 Å². The first-order chi connectivity index (χ1) is 16.2. The maximum atomic E-state index is 14.0. The van der Waals surface area contributed by atoms with Gasteiger partial charge in [-0.05, 0) is 77.8 Å². The molecule has 2 atom stereocenters. The second-order valence-corrected chi connectivity index (χ2v) is 9.45. The molecule has 0 saturated heterocycles. The smallest absolute Gasteiger partial charge is 0.331 e. The molecule has 3 N–H and O–H groups in total. The Morgan fingerprint density at radius 1 is 0.971 bits per heavy atom. The Morgan fingerprint density at radius 3 is 2.11 bits per heavy atom. The van der Waals surface area contributed by atoms with Crippen molar-refractivity contribution in [1.82, 2.24) is 5.32 Å². The first-order valence-electron chi connectivity index (χ1n) is 11.2. The highest BCUT2D eigenvalue weighted by atomic mass is 19.1. The van der Waals surface area contributed by atoms with E-state index in [0.29, 0.717) is 5.69 Å². The monoisotopic (exact) mass is 487 g/mol. The van der Waals surface area contributed by atoms with Gasteiger partial charge in [-0.15, -0.1) is 0 Å². The first kappa shape index (κ1) is 27.8. The fourth-order valence-electron chi connectivity index (χ4n) is 3.80. The van der Waals surface area contributed by atoms with Gasteiger partial charge in [0.15, 0.2) is 6.04 Å². The summed E-state index contributed by atoms with van der Waals surface area (Å²) >= 11 is 0. The number of rotatable bonds is 7. The molecule has 2 rings (SSSR count). The molecule has 0 spiro atoms. The molecule has 0 saturated carbocycles. The first-order valence-corrected chi connectivity index (χ1v) is 11.2. The van der Waals surface area contributed by atoms with Gasteiger partial charge in [0.05, 0.1) is 30.1 Å². The lowest BCUT2D eigenvalue weighted by Gasteiger charge is -2.30. The zero-order valence-corrected chi connectivity index (χ0v) is 21.5. The van der Waals surface area contributed by atoms with Gasteiger partial charge in [-0.3, -0.25) is 4.79 Å². The summed E-state index contributed by atoms with van der Waals surface area (Å²) in [5.74, 6) is -2.05. The number of anilines is 2. The molecule has 9 heteroatoms. The number of methoxy groups -OCH3 is 1. The van der Waals surface area contributed by atoms with Crippen LogP contribution in [-0.2, 0) is 14.3 Å². The summed E-state index contributed by atoms with van der Waals surface area (Å²) in [7, 11) is 1.20. The van der Waals surface area contributed by atoms with Crippen LogP contribution >= 0.6 is 0 Å². The zero-order chi connectivity index (χ0) is 26.5. The summed E-state index contributed by atoms with van der Waals surface area (Å²) in [5, 5.41) is 7.87. The molecule has 2 aromatic carbocycles. The number of amides is 3. The molecule has 0 bridgehead atoms. The van der Waals surface area contributed by atoms with Gasteiger partial charge in [-0.2, -0.15) is 0 Å². The van der Waals surface area contributed by atoms with Gasteiger partial charge in [0.1, 0.15) is 5.82 Å². The van der Waals surface area contributed by atoms with E-state index in [1.54, 1.807) is 6.92 Å². The van der Waals surface area contributed by atoms with E-state index in [2.05, 4.69) is 16.0 Å². The molecule has 8 nitrogen and oxygen atoms in total. The molecule has 0 fully saturated rings. The number of hydrogen-bond acceptors (Lipinski definition) is 5. The Bertz CT molecular complexity index is 1090. The predicted octanol–water partition coefficient (Wildman–Crippen LogP) is 4.87. The minimum atomic E-state index is -1.13. The summed E-state index contributed by atoms with van der Waals surface area (Å²) in [4.78, 5) is 38.2. The average Bonchev–Trinajstić information content (AvgIpc) is 2.72. The number of urea groups is 1. The Hall–Kier alpha value is -3.46. The van der Waals surface area contributed by atoms with E-state index in [9.17, 15) is 18.8 Å². The Morgan fingerprint density at radius 2 is 1.57 bits per heavy atom. The van der Waals surface area contributed by atoms with Crippen LogP contribution in [0.1, 0.15) is 54.7 Å². The molecule has 190 valence electrons.